The Morgan fingerprint density at radius 2 is 2.00 bits per heavy atom. The molecular weight excluding hydrogens is 398 g/mol. The van der Waals surface area contributed by atoms with Crippen molar-refractivity contribution in [2.45, 2.75) is 37.8 Å². The lowest BCUT2D eigenvalue weighted by Gasteiger charge is -2.29. The fraction of sp³-hybridized carbons (Fsp3) is 0.318. The summed E-state index contributed by atoms with van der Waals surface area (Å²) in [6.07, 6.45) is 5.14. The van der Waals surface area contributed by atoms with E-state index in [-0.39, 0.29) is 11.9 Å². The number of fused-ring (bicyclic) bond motifs is 1. The van der Waals surface area contributed by atoms with Crippen LogP contribution in [-0.2, 0) is 4.79 Å². The molecule has 4 rings (SSSR count). The number of carbonyl (C=O) groups is 1. The van der Waals surface area contributed by atoms with E-state index in [9.17, 15) is 4.79 Å². The maximum Gasteiger partial charge on any atom is 0.243 e. The minimum Gasteiger partial charge on any atom is -0.497 e. The average molecular weight is 424 g/mol. The molecule has 1 aromatic carbocycles. The summed E-state index contributed by atoms with van der Waals surface area (Å²) < 4.78 is 6.34. The number of rotatable bonds is 7. The molecule has 1 aliphatic carbocycles. The average Bonchev–Trinajstić information content (AvgIpc) is 3.24. The van der Waals surface area contributed by atoms with Crippen LogP contribution in [0.4, 0.5) is 17.5 Å². The predicted octanol–water partition coefficient (Wildman–Crippen LogP) is 4.47. The highest BCUT2D eigenvalue weighted by molar-refractivity contribution is 7.17. The molecular formula is C22H25N5O2S. The first-order valence-corrected chi connectivity index (χ1v) is 10.9. The molecule has 3 N–H and O–H groups in total. The Morgan fingerprint density at radius 3 is 2.77 bits per heavy atom. The Balaban J connectivity index is 1.48. The SMILES string of the molecule is C=CC(=O)NC1CCC(Nc2nc(Nc3cccc(OC)c3)nc3ccsc23)CC1. The Kier molecular flexibility index (Phi) is 6.13. The van der Waals surface area contributed by atoms with Gasteiger partial charge in [0.05, 0.1) is 17.3 Å². The molecule has 0 bridgehead atoms. The molecule has 0 spiro atoms. The molecule has 0 atom stereocenters. The smallest absolute Gasteiger partial charge is 0.243 e. The number of amides is 1. The monoisotopic (exact) mass is 423 g/mol. The molecule has 8 heteroatoms. The topological polar surface area (TPSA) is 88.2 Å². The molecule has 7 nitrogen and oxygen atoms in total. The molecule has 0 aliphatic heterocycles. The molecule has 0 saturated heterocycles. The van der Waals surface area contributed by atoms with Crippen molar-refractivity contribution < 1.29 is 9.53 Å². The lowest BCUT2D eigenvalue weighted by Crippen LogP contribution is -2.39. The lowest BCUT2D eigenvalue weighted by molar-refractivity contribution is -0.117. The summed E-state index contributed by atoms with van der Waals surface area (Å²) >= 11 is 1.63. The summed E-state index contributed by atoms with van der Waals surface area (Å²) in [4.78, 5) is 20.9. The number of carbonyl (C=O) groups excluding carboxylic acids is 1. The molecule has 0 unspecified atom stereocenters. The first kappa shape index (κ1) is 20.2. The molecule has 2 aromatic heterocycles. The van der Waals surface area contributed by atoms with Crippen molar-refractivity contribution in [3.63, 3.8) is 0 Å². The molecule has 1 aliphatic rings. The summed E-state index contributed by atoms with van der Waals surface area (Å²) in [7, 11) is 1.65. The standard InChI is InChI=1S/C22H25N5O2S/c1-3-19(28)23-14-7-9-15(10-8-14)24-21-20-18(11-12-30-20)26-22(27-21)25-16-5-4-6-17(13-16)29-2/h3-6,11-15H,1,7-10H2,2H3,(H,23,28)(H2,24,25,26,27). The lowest BCUT2D eigenvalue weighted by atomic mass is 9.91. The fourth-order valence-corrected chi connectivity index (χ4v) is 4.47. The Morgan fingerprint density at radius 1 is 1.20 bits per heavy atom. The summed E-state index contributed by atoms with van der Waals surface area (Å²) in [5, 5.41) is 11.9. The summed E-state index contributed by atoms with van der Waals surface area (Å²) in [5.41, 5.74) is 1.78. The van der Waals surface area contributed by atoms with E-state index in [1.807, 2.05) is 35.7 Å². The number of benzene rings is 1. The zero-order chi connectivity index (χ0) is 20.9. The number of ether oxygens (including phenoxy) is 1. The van der Waals surface area contributed by atoms with Gasteiger partial charge >= 0.3 is 0 Å². The van der Waals surface area contributed by atoms with Gasteiger partial charge in [-0.3, -0.25) is 4.79 Å². The van der Waals surface area contributed by atoms with E-state index >= 15 is 0 Å². The van der Waals surface area contributed by atoms with Crippen LogP contribution in [0.25, 0.3) is 10.2 Å². The van der Waals surface area contributed by atoms with Gasteiger partial charge in [-0.15, -0.1) is 11.3 Å². The Bertz CT molecular complexity index is 1040. The van der Waals surface area contributed by atoms with Gasteiger partial charge in [0, 0.05) is 23.8 Å². The third-order valence-electron chi connectivity index (χ3n) is 5.23. The van der Waals surface area contributed by atoms with Crippen molar-refractivity contribution in [3.8, 4) is 5.75 Å². The fourth-order valence-electron chi connectivity index (χ4n) is 3.68. The maximum atomic E-state index is 11.5. The predicted molar refractivity (Wildman–Crippen MR) is 122 cm³/mol. The molecule has 2 heterocycles. The van der Waals surface area contributed by atoms with Gasteiger partial charge in [-0.05, 0) is 55.3 Å². The quantitative estimate of drug-likeness (QED) is 0.486. The van der Waals surface area contributed by atoms with Crippen LogP contribution < -0.4 is 20.7 Å². The number of aromatic nitrogens is 2. The maximum absolute atomic E-state index is 11.5. The number of hydrogen-bond acceptors (Lipinski definition) is 7. The van der Waals surface area contributed by atoms with E-state index in [0.29, 0.717) is 12.0 Å². The van der Waals surface area contributed by atoms with Gasteiger partial charge in [0.25, 0.3) is 0 Å². The van der Waals surface area contributed by atoms with Crippen LogP contribution in [0.1, 0.15) is 25.7 Å². The molecule has 3 aromatic rings. The van der Waals surface area contributed by atoms with Gasteiger partial charge in [-0.25, -0.2) is 4.98 Å². The molecule has 30 heavy (non-hydrogen) atoms. The van der Waals surface area contributed by atoms with Gasteiger partial charge < -0.3 is 20.7 Å². The molecule has 1 amide bonds. The van der Waals surface area contributed by atoms with E-state index < -0.39 is 0 Å². The van der Waals surface area contributed by atoms with Crippen LogP contribution in [-0.4, -0.2) is 35.1 Å². The summed E-state index contributed by atoms with van der Waals surface area (Å²) in [5.74, 6) is 2.06. The second-order valence-corrected chi connectivity index (χ2v) is 8.21. The van der Waals surface area contributed by atoms with Crippen molar-refractivity contribution >= 4 is 44.9 Å². The minimum atomic E-state index is -0.101. The van der Waals surface area contributed by atoms with Crippen molar-refractivity contribution in [3.05, 3.63) is 48.4 Å². The summed E-state index contributed by atoms with van der Waals surface area (Å²) in [6, 6.07) is 10.2. The Labute approximate surface area is 179 Å². The second-order valence-electron chi connectivity index (χ2n) is 7.29. The van der Waals surface area contributed by atoms with Gasteiger partial charge in [0.15, 0.2) is 0 Å². The van der Waals surface area contributed by atoms with Crippen molar-refractivity contribution in [2.75, 3.05) is 17.7 Å². The third kappa shape index (κ3) is 4.71. The number of anilines is 3. The summed E-state index contributed by atoms with van der Waals surface area (Å²) in [6.45, 7) is 3.52. The zero-order valence-corrected chi connectivity index (χ0v) is 17.7. The van der Waals surface area contributed by atoms with Gasteiger partial charge in [-0.2, -0.15) is 4.98 Å². The van der Waals surface area contributed by atoms with Crippen LogP contribution in [0.2, 0.25) is 0 Å². The van der Waals surface area contributed by atoms with Crippen LogP contribution in [0.5, 0.6) is 5.75 Å². The molecule has 1 fully saturated rings. The second kappa shape index (κ2) is 9.13. The Hall–Kier alpha value is -3.13. The molecule has 156 valence electrons. The van der Waals surface area contributed by atoms with Crippen LogP contribution in [0.15, 0.2) is 48.4 Å². The normalized spacial score (nSPS) is 18.6. The van der Waals surface area contributed by atoms with E-state index in [2.05, 4.69) is 27.5 Å². The van der Waals surface area contributed by atoms with Gasteiger partial charge in [-0.1, -0.05) is 12.6 Å². The van der Waals surface area contributed by atoms with Crippen LogP contribution in [0, 0.1) is 0 Å². The first-order valence-electron chi connectivity index (χ1n) is 10.0. The van der Waals surface area contributed by atoms with E-state index in [1.54, 1.807) is 18.4 Å². The van der Waals surface area contributed by atoms with Gasteiger partial charge in [0.2, 0.25) is 11.9 Å². The highest BCUT2D eigenvalue weighted by atomic mass is 32.1. The number of methoxy groups -OCH3 is 1. The van der Waals surface area contributed by atoms with Crippen molar-refractivity contribution in [1.82, 2.24) is 15.3 Å². The molecule has 0 radical (unpaired) electrons. The minimum absolute atomic E-state index is 0.101. The van der Waals surface area contributed by atoms with E-state index in [0.717, 1.165) is 53.2 Å². The number of nitrogens with zero attached hydrogens (tertiary/aromatic N) is 2. The van der Waals surface area contributed by atoms with Crippen LogP contribution >= 0.6 is 11.3 Å². The van der Waals surface area contributed by atoms with Crippen molar-refractivity contribution in [2.24, 2.45) is 0 Å². The van der Waals surface area contributed by atoms with E-state index in [1.165, 1.54) is 6.08 Å². The van der Waals surface area contributed by atoms with Gasteiger partial charge in [0.1, 0.15) is 11.6 Å². The highest BCUT2D eigenvalue weighted by Crippen LogP contribution is 2.31. The zero-order valence-electron chi connectivity index (χ0n) is 16.9. The number of nitrogens with one attached hydrogen (secondary N) is 3. The highest BCUT2D eigenvalue weighted by Gasteiger charge is 2.23. The third-order valence-corrected chi connectivity index (χ3v) is 6.14. The molecule has 1 saturated carbocycles. The largest absolute Gasteiger partial charge is 0.497 e. The van der Waals surface area contributed by atoms with E-state index in [4.69, 9.17) is 9.72 Å². The first-order chi connectivity index (χ1) is 14.6. The van der Waals surface area contributed by atoms with Crippen molar-refractivity contribution in [1.29, 1.82) is 0 Å². The number of thiophene rings is 1. The number of hydrogen-bond donors (Lipinski definition) is 3. The van der Waals surface area contributed by atoms with Crippen LogP contribution in [0.3, 0.4) is 0 Å².